The van der Waals surface area contributed by atoms with Crippen LogP contribution in [0.1, 0.15) is 31.4 Å². The average Bonchev–Trinajstić information content (AvgIpc) is 2.71. The standard InChI is InChI=1S/C14H19BrN2O2/c1-14(2,7-12(16)18)17-8-10-6-11(15)5-9-3-4-19-13(9)10/h5-6,17H,3-4,7-8H2,1-2H3,(H2,16,18). The molecule has 5 heteroatoms. The maximum atomic E-state index is 11.0. The third-order valence-electron chi connectivity index (χ3n) is 3.20. The topological polar surface area (TPSA) is 64.4 Å². The molecule has 1 aliphatic heterocycles. The first-order valence-electron chi connectivity index (χ1n) is 6.35. The first-order chi connectivity index (χ1) is 8.87. The van der Waals surface area contributed by atoms with E-state index in [2.05, 4.69) is 33.4 Å². The van der Waals surface area contributed by atoms with Crippen molar-refractivity contribution in [3.05, 3.63) is 27.7 Å². The second-order valence-electron chi connectivity index (χ2n) is 5.53. The molecule has 104 valence electrons. The molecule has 0 saturated carbocycles. The molecule has 2 rings (SSSR count). The maximum absolute atomic E-state index is 11.0. The summed E-state index contributed by atoms with van der Waals surface area (Å²) in [4.78, 5) is 11.0. The van der Waals surface area contributed by atoms with E-state index in [0.717, 1.165) is 28.8 Å². The lowest BCUT2D eigenvalue weighted by Crippen LogP contribution is -2.42. The van der Waals surface area contributed by atoms with Crippen molar-refractivity contribution >= 4 is 21.8 Å². The number of primary amides is 1. The number of carbonyl (C=O) groups is 1. The normalized spacial score (nSPS) is 14.1. The fourth-order valence-corrected chi connectivity index (χ4v) is 2.86. The molecular formula is C14H19BrN2O2. The summed E-state index contributed by atoms with van der Waals surface area (Å²) in [7, 11) is 0. The number of fused-ring (bicyclic) bond motifs is 1. The van der Waals surface area contributed by atoms with Crippen LogP contribution < -0.4 is 15.8 Å². The van der Waals surface area contributed by atoms with Crippen molar-refractivity contribution in [2.45, 2.75) is 38.8 Å². The van der Waals surface area contributed by atoms with Crippen LogP contribution in [0.2, 0.25) is 0 Å². The summed E-state index contributed by atoms with van der Waals surface area (Å²) in [6, 6.07) is 4.15. The van der Waals surface area contributed by atoms with Crippen LogP contribution in [0.3, 0.4) is 0 Å². The molecule has 0 radical (unpaired) electrons. The van der Waals surface area contributed by atoms with Crippen LogP contribution in [0.5, 0.6) is 5.75 Å². The van der Waals surface area contributed by atoms with Crippen molar-refractivity contribution < 1.29 is 9.53 Å². The van der Waals surface area contributed by atoms with Gasteiger partial charge in [-0.2, -0.15) is 0 Å². The Morgan fingerprint density at radius 3 is 2.95 bits per heavy atom. The molecule has 0 aliphatic carbocycles. The second kappa shape index (κ2) is 5.51. The van der Waals surface area contributed by atoms with E-state index in [4.69, 9.17) is 10.5 Å². The smallest absolute Gasteiger partial charge is 0.219 e. The summed E-state index contributed by atoms with van der Waals surface area (Å²) in [5, 5.41) is 3.36. The predicted molar refractivity (Wildman–Crippen MR) is 78.1 cm³/mol. The van der Waals surface area contributed by atoms with Gasteiger partial charge >= 0.3 is 0 Å². The zero-order chi connectivity index (χ0) is 14.0. The van der Waals surface area contributed by atoms with Crippen LogP contribution in [0.25, 0.3) is 0 Å². The molecule has 1 aromatic carbocycles. The highest BCUT2D eigenvalue weighted by atomic mass is 79.9. The Morgan fingerprint density at radius 1 is 1.53 bits per heavy atom. The van der Waals surface area contributed by atoms with Gasteiger partial charge in [0, 0.05) is 35.0 Å². The molecule has 0 aromatic heterocycles. The molecular weight excluding hydrogens is 308 g/mol. The minimum absolute atomic E-state index is 0.298. The van der Waals surface area contributed by atoms with Gasteiger partial charge in [0.2, 0.25) is 5.91 Å². The molecule has 3 N–H and O–H groups in total. The zero-order valence-corrected chi connectivity index (χ0v) is 12.8. The largest absolute Gasteiger partial charge is 0.493 e. The van der Waals surface area contributed by atoms with Crippen LogP contribution >= 0.6 is 15.9 Å². The first kappa shape index (κ1) is 14.3. The number of halogens is 1. The number of ether oxygens (including phenoxy) is 1. The van der Waals surface area contributed by atoms with Crippen LogP contribution in [0.15, 0.2) is 16.6 Å². The molecule has 0 fully saturated rings. The monoisotopic (exact) mass is 326 g/mol. The Kier molecular flexibility index (Phi) is 4.16. The van der Waals surface area contributed by atoms with Gasteiger partial charge in [-0.05, 0) is 31.5 Å². The van der Waals surface area contributed by atoms with E-state index in [0.29, 0.717) is 13.0 Å². The number of hydrogen-bond donors (Lipinski definition) is 2. The molecule has 4 nitrogen and oxygen atoms in total. The van der Waals surface area contributed by atoms with Crippen molar-refractivity contribution in [1.82, 2.24) is 5.32 Å². The maximum Gasteiger partial charge on any atom is 0.219 e. The van der Waals surface area contributed by atoms with Crippen LogP contribution in [-0.4, -0.2) is 18.1 Å². The Morgan fingerprint density at radius 2 is 2.26 bits per heavy atom. The highest BCUT2D eigenvalue weighted by Crippen LogP contribution is 2.33. The van der Waals surface area contributed by atoms with E-state index in [9.17, 15) is 4.79 Å². The van der Waals surface area contributed by atoms with E-state index in [1.54, 1.807) is 0 Å². The third-order valence-corrected chi connectivity index (χ3v) is 3.66. The van der Waals surface area contributed by atoms with E-state index in [-0.39, 0.29) is 11.4 Å². The fourth-order valence-electron chi connectivity index (χ4n) is 2.31. The molecule has 1 heterocycles. The van der Waals surface area contributed by atoms with Crippen molar-refractivity contribution in [1.29, 1.82) is 0 Å². The van der Waals surface area contributed by atoms with E-state index in [1.807, 2.05) is 13.8 Å². The van der Waals surface area contributed by atoms with Crippen LogP contribution in [0, 0.1) is 0 Å². The molecule has 1 amide bonds. The molecule has 0 saturated heterocycles. The first-order valence-corrected chi connectivity index (χ1v) is 7.14. The molecule has 19 heavy (non-hydrogen) atoms. The minimum atomic E-state index is -0.320. The van der Waals surface area contributed by atoms with Gasteiger partial charge in [-0.15, -0.1) is 0 Å². The average molecular weight is 327 g/mol. The molecule has 0 spiro atoms. The Labute approximate surface area is 121 Å². The highest BCUT2D eigenvalue weighted by Gasteiger charge is 2.22. The number of benzene rings is 1. The summed E-state index contributed by atoms with van der Waals surface area (Å²) in [5.41, 5.74) is 7.28. The fraction of sp³-hybridized carbons (Fsp3) is 0.500. The molecule has 0 atom stereocenters. The van der Waals surface area contributed by atoms with Crippen molar-refractivity contribution in [3.63, 3.8) is 0 Å². The van der Waals surface area contributed by atoms with Crippen molar-refractivity contribution in [2.75, 3.05) is 6.61 Å². The SMILES string of the molecule is CC(C)(CC(N)=O)NCc1cc(Br)cc2c1OCC2. The third kappa shape index (κ3) is 3.70. The van der Waals surface area contributed by atoms with Gasteiger partial charge in [0.15, 0.2) is 0 Å². The van der Waals surface area contributed by atoms with E-state index in [1.165, 1.54) is 5.56 Å². The summed E-state index contributed by atoms with van der Waals surface area (Å²) in [6.07, 6.45) is 1.26. The molecule has 0 bridgehead atoms. The van der Waals surface area contributed by atoms with Crippen molar-refractivity contribution in [3.8, 4) is 5.75 Å². The van der Waals surface area contributed by atoms with Gasteiger partial charge in [-0.1, -0.05) is 15.9 Å². The van der Waals surface area contributed by atoms with Gasteiger partial charge in [-0.3, -0.25) is 4.79 Å². The zero-order valence-electron chi connectivity index (χ0n) is 11.3. The Hall–Kier alpha value is -1.07. The highest BCUT2D eigenvalue weighted by molar-refractivity contribution is 9.10. The number of hydrogen-bond acceptors (Lipinski definition) is 3. The summed E-state index contributed by atoms with van der Waals surface area (Å²) in [5.74, 6) is 0.679. The van der Waals surface area contributed by atoms with E-state index >= 15 is 0 Å². The number of carbonyl (C=O) groups excluding carboxylic acids is 1. The molecule has 1 aliphatic rings. The van der Waals surface area contributed by atoms with Gasteiger partial charge in [0.05, 0.1) is 6.61 Å². The number of nitrogens with one attached hydrogen (secondary N) is 1. The lowest BCUT2D eigenvalue weighted by molar-refractivity contribution is -0.119. The van der Waals surface area contributed by atoms with Crippen LogP contribution in [0.4, 0.5) is 0 Å². The number of rotatable bonds is 5. The number of nitrogens with two attached hydrogens (primary N) is 1. The Balaban J connectivity index is 2.10. The molecule has 1 aromatic rings. The minimum Gasteiger partial charge on any atom is -0.493 e. The summed E-state index contributed by atoms with van der Waals surface area (Å²) in [6.45, 7) is 5.33. The Bertz CT molecular complexity index is 500. The predicted octanol–water partition coefficient (Wildman–Crippen LogP) is 2.13. The quantitative estimate of drug-likeness (QED) is 0.871. The summed E-state index contributed by atoms with van der Waals surface area (Å²) < 4.78 is 6.74. The van der Waals surface area contributed by atoms with Gasteiger partial charge < -0.3 is 15.8 Å². The van der Waals surface area contributed by atoms with Crippen LogP contribution in [-0.2, 0) is 17.8 Å². The van der Waals surface area contributed by atoms with Crippen molar-refractivity contribution in [2.24, 2.45) is 5.73 Å². The number of amides is 1. The van der Waals surface area contributed by atoms with Gasteiger partial charge in [0.25, 0.3) is 0 Å². The molecule has 0 unspecified atom stereocenters. The van der Waals surface area contributed by atoms with Gasteiger partial charge in [-0.25, -0.2) is 0 Å². The van der Waals surface area contributed by atoms with E-state index < -0.39 is 0 Å². The van der Waals surface area contributed by atoms with Gasteiger partial charge in [0.1, 0.15) is 5.75 Å². The summed E-state index contributed by atoms with van der Waals surface area (Å²) >= 11 is 3.52. The lowest BCUT2D eigenvalue weighted by Gasteiger charge is -2.25. The lowest BCUT2D eigenvalue weighted by atomic mass is 9.99. The second-order valence-corrected chi connectivity index (χ2v) is 6.45.